The Morgan fingerprint density at radius 2 is 2.00 bits per heavy atom. The Bertz CT molecular complexity index is 837. The van der Waals surface area contributed by atoms with Gasteiger partial charge >= 0.3 is 0 Å². The molecule has 2 atom stereocenters. The molecular formula is C20H19N3O3. The fraction of sp³-hybridized carbons (Fsp3) is 0.250. The summed E-state index contributed by atoms with van der Waals surface area (Å²) in [5.74, 6) is 1.38. The van der Waals surface area contributed by atoms with Gasteiger partial charge in [-0.1, -0.05) is 0 Å². The fourth-order valence-corrected chi connectivity index (χ4v) is 3.39. The number of amides is 1. The second-order valence-electron chi connectivity index (χ2n) is 6.33. The standard InChI is InChI=1S/C20H19N3O3/c24-20(19-4-2-10-25-19)23-12-16(14-26-17-3-1-7-22-11-17)18(13-23)15-5-8-21-9-6-15/h1-11,16,18H,12-14H2/t16-,18-/m0/s1. The Hall–Kier alpha value is -3.15. The molecule has 1 aliphatic heterocycles. The van der Waals surface area contributed by atoms with Gasteiger partial charge in [-0.3, -0.25) is 14.8 Å². The van der Waals surface area contributed by atoms with E-state index in [0.717, 1.165) is 11.3 Å². The number of carbonyl (C=O) groups excluding carboxylic acids is 1. The number of ether oxygens (including phenoxy) is 1. The van der Waals surface area contributed by atoms with Crippen molar-refractivity contribution in [2.45, 2.75) is 5.92 Å². The van der Waals surface area contributed by atoms with E-state index < -0.39 is 0 Å². The monoisotopic (exact) mass is 349 g/mol. The number of carbonyl (C=O) groups is 1. The molecule has 3 aromatic rings. The first kappa shape index (κ1) is 16.3. The van der Waals surface area contributed by atoms with Gasteiger partial charge in [0.1, 0.15) is 5.75 Å². The van der Waals surface area contributed by atoms with Crippen LogP contribution in [0.3, 0.4) is 0 Å². The van der Waals surface area contributed by atoms with E-state index in [0.29, 0.717) is 25.5 Å². The fourth-order valence-electron chi connectivity index (χ4n) is 3.39. The maximum Gasteiger partial charge on any atom is 0.289 e. The first-order valence-corrected chi connectivity index (χ1v) is 8.57. The average molecular weight is 349 g/mol. The molecule has 6 heteroatoms. The van der Waals surface area contributed by atoms with Crippen LogP contribution in [0.25, 0.3) is 0 Å². The first-order valence-electron chi connectivity index (χ1n) is 8.57. The molecule has 1 saturated heterocycles. The van der Waals surface area contributed by atoms with Crippen molar-refractivity contribution < 1.29 is 13.9 Å². The van der Waals surface area contributed by atoms with Crippen molar-refractivity contribution in [2.24, 2.45) is 5.92 Å². The van der Waals surface area contributed by atoms with E-state index in [1.807, 2.05) is 29.2 Å². The van der Waals surface area contributed by atoms with E-state index in [1.54, 1.807) is 36.9 Å². The van der Waals surface area contributed by atoms with Gasteiger partial charge in [-0.15, -0.1) is 0 Å². The van der Waals surface area contributed by atoms with Gasteiger partial charge in [-0.25, -0.2) is 0 Å². The molecule has 26 heavy (non-hydrogen) atoms. The number of nitrogens with zero attached hydrogens (tertiary/aromatic N) is 3. The SMILES string of the molecule is O=C(c1ccco1)N1C[C@@H](COc2cccnc2)[C@H](c2ccncc2)C1. The van der Waals surface area contributed by atoms with Crippen LogP contribution in [0.15, 0.2) is 71.9 Å². The number of aromatic nitrogens is 2. The van der Waals surface area contributed by atoms with Crippen molar-refractivity contribution in [3.05, 3.63) is 78.8 Å². The Kier molecular flexibility index (Phi) is 4.64. The van der Waals surface area contributed by atoms with Crippen LogP contribution >= 0.6 is 0 Å². The summed E-state index contributed by atoms with van der Waals surface area (Å²) in [5.41, 5.74) is 1.16. The molecule has 1 amide bonds. The summed E-state index contributed by atoms with van der Waals surface area (Å²) in [7, 11) is 0. The molecule has 3 aromatic heterocycles. The third-order valence-electron chi connectivity index (χ3n) is 4.69. The third-order valence-corrected chi connectivity index (χ3v) is 4.69. The van der Waals surface area contributed by atoms with E-state index in [-0.39, 0.29) is 17.7 Å². The zero-order valence-corrected chi connectivity index (χ0v) is 14.2. The summed E-state index contributed by atoms with van der Waals surface area (Å²) in [5, 5.41) is 0. The minimum Gasteiger partial charge on any atom is -0.492 e. The van der Waals surface area contributed by atoms with Crippen molar-refractivity contribution in [1.29, 1.82) is 0 Å². The summed E-state index contributed by atoms with van der Waals surface area (Å²) in [6, 6.07) is 11.2. The van der Waals surface area contributed by atoms with Crippen molar-refractivity contribution in [2.75, 3.05) is 19.7 Å². The number of hydrogen-bond donors (Lipinski definition) is 0. The van der Waals surface area contributed by atoms with Gasteiger partial charge in [0.05, 0.1) is 19.1 Å². The summed E-state index contributed by atoms with van der Waals surface area (Å²) in [6.07, 6.45) is 8.50. The molecule has 0 aliphatic carbocycles. The molecule has 0 spiro atoms. The van der Waals surface area contributed by atoms with Crippen molar-refractivity contribution in [3.8, 4) is 5.75 Å². The Balaban J connectivity index is 1.52. The molecule has 0 saturated carbocycles. The van der Waals surface area contributed by atoms with Crippen molar-refractivity contribution in [1.82, 2.24) is 14.9 Å². The Morgan fingerprint density at radius 3 is 2.73 bits per heavy atom. The molecule has 1 aliphatic rings. The van der Waals surface area contributed by atoms with Crippen molar-refractivity contribution in [3.63, 3.8) is 0 Å². The maximum atomic E-state index is 12.7. The van der Waals surface area contributed by atoms with Crippen molar-refractivity contribution >= 4 is 5.91 Å². The van der Waals surface area contributed by atoms with Gasteiger partial charge < -0.3 is 14.1 Å². The summed E-state index contributed by atoms with van der Waals surface area (Å²) < 4.78 is 11.2. The van der Waals surface area contributed by atoms with Crippen LogP contribution in [-0.4, -0.2) is 40.5 Å². The van der Waals surface area contributed by atoms with Gasteiger partial charge in [0, 0.05) is 43.5 Å². The number of hydrogen-bond acceptors (Lipinski definition) is 5. The first-order chi connectivity index (χ1) is 12.8. The molecule has 4 rings (SSSR count). The Labute approximate surface area is 151 Å². The van der Waals surface area contributed by atoms with E-state index in [1.165, 1.54) is 6.26 Å². The quantitative estimate of drug-likeness (QED) is 0.708. The van der Waals surface area contributed by atoms with E-state index in [9.17, 15) is 4.79 Å². The van der Waals surface area contributed by atoms with E-state index in [4.69, 9.17) is 9.15 Å². The molecule has 1 fully saturated rings. The maximum absolute atomic E-state index is 12.7. The largest absolute Gasteiger partial charge is 0.492 e. The molecule has 0 aromatic carbocycles. The predicted octanol–water partition coefficient (Wildman–Crippen LogP) is 3.00. The molecule has 132 valence electrons. The zero-order chi connectivity index (χ0) is 17.8. The lowest BCUT2D eigenvalue weighted by Crippen LogP contribution is -2.29. The second kappa shape index (κ2) is 7.39. The van der Waals surface area contributed by atoms with Gasteiger partial charge in [-0.2, -0.15) is 0 Å². The Morgan fingerprint density at radius 1 is 1.12 bits per heavy atom. The summed E-state index contributed by atoms with van der Waals surface area (Å²) in [4.78, 5) is 22.7. The van der Waals surface area contributed by atoms with Gasteiger partial charge in [-0.05, 0) is 42.0 Å². The van der Waals surface area contributed by atoms with Crippen LogP contribution in [-0.2, 0) is 0 Å². The highest BCUT2D eigenvalue weighted by atomic mass is 16.5. The highest BCUT2D eigenvalue weighted by Gasteiger charge is 2.37. The molecule has 0 N–H and O–H groups in total. The second-order valence-corrected chi connectivity index (χ2v) is 6.33. The summed E-state index contributed by atoms with van der Waals surface area (Å²) >= 11 is 0. The highest BCUT2D eigenvalue weighted by molar-refractivity contribution is 5.91. The van der Waals surface area contributed by atoms with Crippen LogP contribution < -0.4 is 4.74 Å². The number of rotatable bonds is 5. The predicted molar refractivity (Wildman–Crippen MR) is 94.8 cm³/mol. The van der Waals surface area contributed by atoms with Crippen LogP contribution in [0, 0.1) is 5.92 Å². The third kappa shape index (κ3) is 3.44. The lowest BCUT2D eigenvalue weighted by molar-refractivity contribution is 0.0751. The number of likely N-dealkylation sites (tertiary alicyclic amines) is 1. The molecule has 0 bridgehead atoms. The van der Waals surface area contributed by atoms with Crippen LogP contribution in [0.2, 0.25) is 0 Å². The number of pyridine rings is 2. The smallest absolute Gasteiger partial charge is 0.289 e. The van der Waals surface area contributed by atoms with Gasteiger partial charge in [0.2, 0.25) is 0 Å². The van der Waals surface area contributed by atoms with E-state index in [2.05, 4.69) is 9.97 Å². The molecule has 4 heterocycles. The lowest BCUT2D eigenvalue weighted by atomic mass is 9.90. The van der Waals surface area contributed by atoms with Crippen LogP contribution in [0.4, 0.5) is 0 Å². The summed E-state index contributed by atoms with van der Waals surface area (Å²) in [6.45, 7) is 1.76. The topological polar surface area (TPSA) is 68.5 Å². The van der Waals surface area contributed by atoms with Crippen LogP contribution in [0.5, 0.6) is 5.75 Å². The lowest BCUT2D eigenvalue weighted by Gasteiger charge is -2.18. The number of furan rings is 1. The molecule has 6 nitrogen and oxygen atoms in total. The highest BCUT2D eigenvalue weighted by Crippen LogP contribution is 2.33. The minimum atomic E-state index is -0.0852. The van der Waals surface area contributed by atoms with Gasteiger partial charge in [0.25, 0.3) is 5.91 Å². The molecule has 0 radical (unpaired) electrons. The minimum absolute atomic E-state index is 0.0852. The zero-order valence-electron chi connectivity index (χ0n) is 14.2. The van der Waals surface area contributed by atoms with Crippen LogP contribution in [0.1, 0.15) is 22.0 Å². The van der Waals surface area contributed by atoms with Gasteiger partial charge in [0.15, 0.2) is 5.76 Å². The molecular weight excluding hydrogens is 330 g/mol. The normalized spacial score (nSPS) is 19.5. The average Bonchev–Trinajstić information content (AvgIpc) is 3.37. The van der Waals surface area contributed by atoms with E-state index >= 15 is 0 Å². The molecule has 0 unspecified atom stereocenters.